The van der Waals surface area contributed by atoms with E-state index in [9.17, 15) is 8.42 Å². The maximum Gasteiger partial charge on any atom is 0.271 e. The van der Waals surface area contributed by atoms with Crippen molar-refractivity contribution in [2.75, 3.05) is 11.8 Å². The maximum atomic E-state index is 12.2. The van der Waals surface area contributed by atoms with Crippen LogP contribution in [0, 0.1) is 0 Å². The summed E-state index contributed by atoms with van der Waals surface area (Å²) in [6, 6.07) is 10.4. The van der Waals surface area contributed by atoms with Gasteiger partial charge in [0.15, 0.2) is 0 Å². The lowest BCUT2D eigenvalue weighted by Gasteiger charge is -2.10. The Balaban J connectivity index is 2.30. The summed E-state index contributed by atoms with van der Waals surface area (Å²) in [6.07, 6.45) is 0. The van der Waals surface area contributed by atoms with Crippen LogP contribution in [-0.2, 0) is 21.4 Å². The van der Waals surface area contributed by atoms with E-state index in [1.807, 2.05) is 12.1 Å². The molecule has 7 heteroatoms. The number of anilines is 1. The number of ether oxygens (including phenoxy) is 1. The van der Waals surface area contributed by atoms with Gasteiger partial charge in [-0.05, 0) is 34.1 Å². The molecule has 0 saturated carbocycles. The summed E-state index contributed by atoms with van der Waals surface area (Å²) in [4.78, 5) is 0. The SMILES string of the molecule is COCc1ccccc1NS(=O)(=O)c1ccc(Br)s1. The molecule has 0 radical (unpaired) electrons. The van der Waals surface area contributed by atoms with Gasteiger partial charge in [0, 0.05) is 12.7 Å². The second kappa shape index (κ2) is 6.04. The summed E-state index contributed by atoms with van der Waals surface area (Å²) in [5.41, 5.74) is 1.33. The third-order valence-electron chi connectivity index (χ3n) is 2.37. The first-order valence-electron chi connectivity index (χ1n) is 5.38. The minimum absolute atomic E-state index is 0.270. The number of hydrogen-bond acceptors (Lipinski definition) is 4. The molecule has 0 saturated heterocycles. The largest absolute Gasteiger partial charge is 0.380 e. The van der Waals surface area contributed by atoms with Crippen LogP contribution in [0.25, 0.3) is 0 Å². The van der Waals surface area contributed by atoms with Crippen LogP contribution in [0.2, 0.25) is 0 Å². The van der Waals surface area contributed by atoms with Crippen LogP contribution < -0.4 is 4.72 Å². The summed E-state index contributed by atoms with van der Waals surface area (Å²) >= 11 is 4.42. The number of thiophene rings is 1. The maximum absolute atomic E-state index is 12.2. The van der Waals surface area contributed by atoms with Crippen LogP contribution in [0.15, 0.2) is 44.4 Å². The van der Waals surface area contributed by atoms with Crippen LogP contribution in [0.5, 0.6) is 0 Å². The second-order valence-corrected chi connectivity index (χ2v) is 8.13. The summed E-state index contributed by atoms with van der Waals surface area (Å²) in [7, 11) is -1.98. The van der Waals surface area contributed by atoms with Crippen molar-refractivity contribution < 1.29 is 13.2 Å². The Hall–Kier alpha value is -0.890. The van der Waals surface area contributed by atoms with Gasteiger partial charge in [0.25, 0.3) is 10.0 Å². The summed E-state index contributed by atoms with van der Waals surface area (Å²) < 4.78 is 33.1. The van der Waals surface area contributed by atoms with E-state index in [2.05, 4.69) is 20.7 Å². The average Bonchev–Trinajstić information content (AvgIpc) is 2.79. The molecular formula is C12H12BrNO3S2. The lowest BCUT2D eigenvalue weighted by Crippen LogP contribution is -2.13. The monoisotopic (exact) mass is 361 g/mol. The molecule has 1 N–H and O–H groups in total. The van der Waals surface area contributed by atoms with E-state index in [4.69, 9.17) is 4.74 Å². The molecule has 0 fully saturated rings. The van der Waals surface area contributed by atoms with Crippen LogP contribution in [-0.4, -0.2) is 15.5 Å². The zero-order valence-electron chi connectivity index (χ0n) is 10.1. The molecule has 0 atom stereocenters. The highest BCUT2D eigenvalue weighted by atomic mass is 79.9. The molecule has 0 bridgehead atoms. The number of rotatable bonds is 5. The number of sulfonamides is 1. The van der Waals surface area contributed by atoms with E-state index >= 15 is 0 Å². The van der Waals surface area contributed by atoms with Gasteiger partial charge in [0.05, 0.1) is 16.1 Å². The lowest BCUT2D eigenvalue weighted by molar-refractivity contribution is 0.185. The molecule has 4 nitrogen and oxygen atoms in total. The van der Waals surface area contributed by atoms with E-state index < -0.39 is 10.0 Å². The van der Waals surface area contributed by atoms with Crippen molar-refractivity contribution in [3.8, 4) is 0 Å². The predicted octanol–water partition coefficient (Wildman–Crippen LogP) is 3.46. The van der Waals surface area contributed by atoms with Gasteiger partial charge in [0.1, 0.15) is 4.21 Å². The fourth-order valence-electron chi connectivity index (χ4n) is 1.54. The molecule has 0 amide bonds. The van der Waals surface area contributed by atoms with Crippen LogP contribution in [0.1, 0.15) is 5.56 Å². The molecule has 0 unspecified atom stereocenters. The molecule has 1 heterocycles. The Kier molecular flexibility index (Phi) is 4.62. The fourth-order valence-corrected chi connectivity index (χ4v) is 4.65. The van der Waals surface area contributed by atoms with E-state index in [1.165, 1.54) is 11.3 Å². The molecule has 1 aromatic carbocycles. The van der Waals surface area contributed by atoms with Gasteiger partial charge >= 0.3 is 0 Å². The molecule has 0 aliphatic heterocycles. The van der Waals surface area contributed by atoms with Gasteiger partial charge in [-0.3, -0.25) is 4.72 Å². The van der Waals surface area contributed by atoms with E-state index in [-0.39, 0.29) is 4.21 Å². The van der Waals surface area contributed by atoms with Gasteiger partial charge < -0.3 is 4.74 Å². The van der Waals surface area contributed by atoms with Gasteiger partial charge in [-0.2, -0.15) is 0 Å². The van der Waals surface area contributed by atoms with Crippen molar-refractivity contribution in [1.82, 2.24) is 0 Å². The van der Waals surface area contributed by atoms with E-state index in [1.54, 1.807) is 31.4 Å². The van der Waals surface area contributed by atoms with Gasteiger partial charge in [-0.25, -0.2) is 8.42 Å². The highest BCUT2D eigenvalue weighted by molar-refractivity contribution is 9.11. The Morgan fingerprint density at radius 2 is 2.00 bits per heavy atom. The third kappa shape index (κ3) is 3.56. The third-order valence-corrected chi connectivity index (χ3v) is 5.86. The Bertz CT molecular complexity index is 667. The normalized spacial score (nSPS) is 11.5. The number of halogens is 1. The van der Waals surface area contributed by atoms with E-state index in [0.29, 0.717) is 12.3 Å². The number of hydrogen-bond donors (Lipinski definition) is 1. The molecule has 2 rings (SSSR count). The first kappa shape index (κ1) is 14.5. The van der Waals surface area contributed by atoms with E-state index in [0.717, 1.165) is 9.35 Å². The highest BCUT2D eigenvalue weighted by Crippen LogP contribution is 2.28. The molecule has 1 aromatic heterocycles. The molecular weight excluding hydrogens is 350 g/mol. The van der Waals surface area contributed by atoms with Crippen molar-refractivity contribution in [3.05, 3.63) is 45.7 Å². The lowest BCUT2D eigenvalue weighted by atomic mass is 10.2. The summed E-state index contributed by atoms with van der Waals surface area (Å²) in [5.74, 6) is 0. The molecule has 0 spiro atoms. The topological polar surface area (TPSA) is 55.4 Å². The number of benzene rings is 1. The fraction of sp³-hybridized carbons (Fsp3) is 0.167. The first-order chi connectivity index (χ1) is 9.03. The smallest absolute Gasteiger partial charge is 0.271 e. The molecule has 19 heavy (non-hydrogen) atoms. The zero-order valence-corrected chi connectivity index (χ0v) is 13.3. The van der Waals surface area contributed by atoms with Crippen LogP contribution >= 0.6 is 27.3 Å². The first-order valence-corrected chi connectivity index (χ1v) is 8.47. The number of methoxy groups -OCH3 is 1. The quantitative estimate of drug-likeness (QED) is 0.886. The number of para-hydroxylation sites is 1. The molecule has 2 aromatic rings. The van der Waals surface area contributed by atoms with Crippen LogP contribution in [0.3, 0.4) is 0 Å². The standard InChI is InChI=1S/C12H12BrNO3S2/c1-17-8-9-4-2-3-5-10(9)14-19(15,16)12-7-6-11(13)18-12/h2-7,14H,8H2,1H3. The molecule has 0 aliphatic rings. The Morgan fingerprint density at radius 1 is 1.26 bits per heavy atom. The van der Waals surface area contributed by atoms with Crippen molar-refractivity contribution >= 4 is 43.0 Å². The average molecular weight is 362 g/mol. The highest BCUT2D eigenvalue weighted by Gasteiger charge is 2.17. The minimum Gasteiger partial charge on any atom is -0.380 e. The van der Waals surface area contributed by atoms with Gasteiger partial charge in [-0.1, -0.05) is 18.2 Å². The van der Waals surface area contributed by atoms with Crippen molar-refractivity contribution in [2.45, 2.75) is 10.8 Å². The summed E-state index contributed by atoms with van der Waals surface area (Å²) in [6.45, 7) is 0.354. The molecule has 102 valence electrons. The predicted molar refractivity (Wildman–Crippen MR) is 80.0 cm³/mol. The van der Waals surface area contributed by atoms with Crippen molar-refractivity contribution in [2.24, 2.45) is 0 Å². The molecule has 0 aliphatic carbocycles. The van der Waals surface area contributed by atoms with Crippen molar-refractivity contribution in [1.29, 1.82) is 0 Å². The number of nitrogens with one attached hydrogen (secondary N) is 1. The Morgan fingerprint density at radius 3 is 2.63 bits per heavy atom. The van der Waals surface area contributed by atoms with Gasteiger partial charge in [0.2, 0.25) is 0 Å². The minimum atomic E-state index is -3.55. The van der Waals surface area contributed by atoms with Crippen LogP contribution in [0.4, 0.5) is 5.69 Å². The zero-order chi connectivity index (χ0) is 13.9. The second-order valence-electron chi connectivity index (χ2n) is 3.75. The Labute approximate surface area is 124 Å². The summed E-state index contributed by atoms with van der Waals surface area (Å²) in [5, 5.41) is 0. The van der Waals surface area contributed by atoms with Crippen molar-refractivity contribution in [3.63, 3.8) is 0 Å². The van der Waals surface area contributed by atoms with Gasteiger partial charge in [-0.15, -0.1) is 11.3 Å².